The summed E-state index contributed by atoms with van der Waals surface area (Å²) in [6, 6.07) is 22.5. The van der Waals surface area contributed by atoms with Gasteiger partial charge in [0.15, 0.2) is 0 Å². The van der Waals surface area contributed by atoms with Crippen molar-refractivity contribution in [3.63, 3.8) is 0 Å². The Hall–Kier alpha value is -3.07. The molecule has 3 heteroatoms. The molecule has 0 N–H and O–H groups in total. The first-order valence-electron chi connectivity index (χ1n) is 8.02. The van der Waals surface area contributed by atoms with E-state index in [2.05, 4.69) is 35.4 Å². The number of rotatable bonds is 5. The van der Waals surface area contributed by atoms with Gasteiger partial charge in [0.2, 0.25) is 0 Å². The lowest BCUT2D eigenvalue weighted by atomic mass is 10.1. The van der Waals surface area contributed by atoms with Crippen LogP contribution in [0.25, 0.3) is 21.8 Å². The van der Waals surface area contributed by atoms with Gasteiger partial charge in [0, 0.05) is 11.9 Å². The first-order valence-corrected chi connectivity index (χ1v) is 8.02. The summed E-state index contributed by atoms with van der Waals surface area (Å²) >= 11 is 0. The van der Waals surface area contributed by atoms with E-state index in [0.717, 1.165) is 34.5 Å². The summed E-state index contributed by atoms with van der Waals surface area (Å²) in [5, 5.41) is 2.29. The zero-order valence-corrected chi connectivity index (χ0v) is 13.4. The van der Waals surface area contributed by atoms with Crippen LogP contribution in [-0.2, 0) is 13.2 Å². The number of ether oxygens (including phenoxy) is 1. The smallest absolute Gasteiger partial charge is 0.148 e. The van der Waals surface area contributed by atoms with Crippen molar-refractivity contribution in [2.45, 2.75) is 13.2 Å². The maximum Gasteiger partial charge on any atom is 0.148 e. The molecule has 118 valence electrons. The van der Waals surface area contributed by atoms with Crippen molar-refractivity contribution in [3.8, 4) is 5.75 Å². The number of para-hydroxylation sites is 2. The topological polar surface area (TPSA) is 27.1 Å². The third-order valence-corrected chi connectivity index (χ3v) is 4.15. The van der Waals surface area contributed by atoms with E-state index < -0.39 is 0 Å². The van der Waals surface area contributed by atoms with Gasteiger partial charge in [-0.05, 0) is 23.6 Å². The number of benzene rings is 3. The second-order valence-electron chi connectivity index (χ2n) is 5.68. The maximum atomic E-state index is 6.10. The third-order valence-electron chi connectivity index (χ3n) is 4.15. The van der Waals surface area contributed by atoms with Crippen molar-refractivity contribution in [1.82, 2.24) is 9.55 Å². The highest BCUT2D eigenvalue weighted by Gasteiger charge is 2.10. The number of imidazole rings is 1. The number of aromatic nitrogens is 2. The molecule has 0 saturated carbocycles. The molecule has 1 heterocycles. The molecule has 0 spiro atoms. The minimum Gasteiger partial charge on any atom is -0.485 e. The van der Waals surface area contributed by atoms with Gasteiger partial charge in [-0.3, -0.25) is 0 Å². The van der Waals surface area contributed by atoms with E-state index in [9.17, 15) is 0 Å². The Morgan fingerprint density at radius 3 is 2.67 bits per heavy atom. The number of hydrogen-bond donors (Lipinski definition) is 0. The Morgan fingerprint density at radius 2 is 1.75 bits per heavy atom. The maximum absolute atomic E-state index is 6.10. The van der Waals surface area contributed by atoms with E-state index in [1.165, 1.54) is 5.39 Å². The van der Waals surface area contributed by atoms with Crippen molar-refractivity contribution in [2.75, 3.05) is 0 Å². The lowest BCUT2D eigenvalue weighted by Crippen LogP contribution is -2.06. The average Bonchev–Trinajstić information content (AvgIpc) is 2.98. The predicted molar refractivity (Wildman–Crippen MR) is 98.2 cm³/mol. The zero-order chi connectivity index (χ0) is 16.4. The fourth-order valence-electron chi connectivity index (χ4n) is 3.03. The van der Waals surface area contributed by atoms with Gasteiger partial charge in [0.1, 0.15) is 18.2 Å². The van der Waals surface area contributed by atoms with Crippen LogP contribution in [0.1, 0.15) is 5.82 Å². The standard InChI is InChI=1S/C21H18N2O/c1-2-14-23-19-12-6-5-11-18(19)22-21(23)15-24-20-13-7-9-16-8-3-4-10-17(16)20/h2-13H,1,14-15H2. The summed E-state index contributed by atoms with van der Waals surface area (Å²) in [4.78, 5) is 4.72. The van der Waals surface area contributed by atoms with Crippen LogP contribution in [0.15, 0.2) is 79.4 Å². The molecule has 0 saturated heterocycles. The Bertz CT molecular complexity index is 1010. The van der Waals surface area contributed by atoms with Gasteiger partial charge < -0.3 is 9.30 Å². The first-order chi connectivity index (χ1) is 11.9. The van der Waals surface area contributed by atoms with Crippen molar-refractivity contribution in [2.24, 2.45) is 0 Å². The molecule has 3 aromatic carbocycles. The quantitative estimate of drug-likeness (QED) is 0.487. The van der Waals surface area contributed by atoms with Gasteiger partial charge >= 0.3 is 0 Å². The van der Waals surface area contributed by atoms with Gasteiger partial charge in [0.05, 0.1) is 11.0 Å². The van der Waals surface area contributed by atoms with Crippen molar-refractivity contribution in [3.05, 3.63) is 85.2 Å². The fraction of sp³-hybridized carbons (Fsp3) is 0.0952. The molecule has 0 amide bonds. The van der Waals surface area contributed by atoms with Gasteiger partial charge in [-0.2, -0.15) is 0 Å². The normalized spacial score (nSPS) is 11.0. The number of allylic oxidation sites excluding steroid dienone is 1. The van der Waals surface area contributed by atoms with E-state index in [1.54, 1.807) is 0 Å². The molecule has 0 aliphatic heterocycles. The highest BCUT2D eigenvalue weighted by molar-refractivity contribution is 5.88. The third kappa shape index (κ3) is 2.54. The minimum absolute atomic E-state index is 0.427. The molecule has 0 bridgehead atoms. The lowest BCUT2D eigenvalue weighted by molar-refractivity contribution is 0.295. The predicted octanol–water partition coefficient (Wildman–Crippen LogP) is 4.95. The van der Waals surface area contributed by atoms with Crippen LogP contribution in [0.3, 0.4) is 0 Å². The van der Waals surface area contributed by atoms with E-state index >= 15 is 0 Å². The summed E-state index contributed by atoms with van der Waals surface area (Å²) in [6.45, 7) is 5.00. The summed E-state index contributed by atoms with van der Waals surface area (Å²) in [6.07, 6.45) is 1.88. The number of fused-ring (bicyclic) bond motifs is 2. The molecule has 24 heavy (non-hydrogen) atoms. The molecule has 0 atom stereocenters. The van der Waals surface area contributed by atoms with Gasteiger partial charge in [0.25, 0.3) is 0 Å². The Labute approximate surface area is 140 Å². The summed E-state index contributed by atoms with van der Waals surface area (Å²) in [5.74, 6) is 1.79. The monoisotopic (exact) mass is 314 g/mol. The molecule has 1 aromatic heterocycles. The molecule has 0 aliphatic carbocycles. The van der Waals surface area contributed by atoms with Gasteiger partial charge in [-0.1, -0.05) is 54.6 Å². The van der Waals surface area contributed by atoms with Crippen LogP contribution in [0.4, 0.5) is 0 Å². The van der Waals surface area contributed by atoms with Gasteiger partial charge in [-0.25, -0.2) is 4.98 Å². The Morgan fingerprint density at radius 1 is 0.958 bits per heavy atom. The molecule has 0 unspecified atom stereocenters. The highest BCUT2D eigenvalue weighted by Crippen LogP contribution is 2.26. The number of hydrogen-bond acceptors (Lipinski definition) is 2. The molecule has 0 fully saturated rings. The molecule has 4 aromatic rings. The van der Waals surface area contributed by atoms with E-state index in [4.69, 9.17) is 9.72 Å². The summed E-state index contributed by atoms with van der Waals surface area (Å²) < 4.78 is 8.25. The van der Waals surface area contributed by atoms with E-state index in [1.807, 2.05) is 48.5 Å². The van der Waals surface area contributed by atoms with Crippen LogP contribution in [-0.4, -0.2) is 9.55 Å². The summed E-state index contributed by atoms with van der Waals surface area (Å²) in [5.41, 5.74) is 2.09. The number of nitrogens with zero attached hydrogens (tertiary/aromatic N) is 2. The second-order valence-corrected chi connectivity index (χ2v) is 5.68. The Balaban J connectivity index is 1.69. The second kappa shape index (κ2) is 6.20. The molecule has 0 aliphatic rings. The fourth-order valence-corrected chi connectivity index (χ4v) is 3.03. The summed E-state index contributed by atoms with van der Waals surface area (Å²) in [7, 11) is 0. The Kier molecular flexibility index (Phi) is 3.75. The largest absolute Gasteiger partial charge is 0.485 e. The minimum atomic E-state index is 0.427. The highest BCUT2D eigenvalue weighted by atomic mass is 16.5. The van der Waals surface area contributed by atoms with Crippen molar-refractivity contribution < 1.29 is 4.74 Å². The van der Waals surface area contributed by atoms with E-state index in [-0.39, 0.29) is 0 Å². The molecule has 0 radical (unpaired) electrons. The van der Waals surface area contributed by atoms with Crippen LogP contribution < -0.4 is 4.74 Å². The lowest BCUT2D eigenvalue weighted by Gasteiger charge is -2.10. The van der Waals surface area contributed by atoms with Crippen LogP contribution in [0, 0.1) is 0 Å². The van der Waals surface area contributed by atoms with Crippen molar-refractivity contribution >= 4 is 21.8 Å². The van der Waals surface area contributed by atoms with E-state index in [0.29, 0.717) is 6.61 Å². The molecule has 4 rings (SSSR count). The van der Waals surface area contributed by atoms with Crippen LogP contribution in [0.2, 0.25) is 0 Å². The van der Waals surface area contributed by atoms with Crippen molar-refractivity contribution in [1.29, 1.82) is 0 Å². The first kappa shape index (κ1) is 14.5. The SMILES string of the molecule is C=CCn1c(COc2cccc3ccccc23)nc2ccccc21. The molecular weight excluding hydrogens is 296 g/mol. The van der Waals surface area contributed by atoms with Crippen LogP contribution >= 0.6 is 0 Å². The molecular formula is C21H18N2O. The van der Waals surface area contributed by atoms with Gasteiger partial charge in [-0.15, -0.1) is 6.58 Å². The van der Waals surface area contributed by atoms with Crippen LogP contribution in [0.5, 0.6) is 5.75 Å². The molecule has 3 nitrogen and oxygen atoms in total. The average molecular weight is 314 g/mol. The zero-order valence-electron chi connectivity index (χ0n) is 13.4.